The SMILES string of the molecule is CCN(CC)c1c(C(=O)N[C@H]2CCOc3ccccc32)cnc2c(-c3cc(F)cc(F)c3F)c(OC)cnc12. The Hall–Kier alpha value is -4.34. The van der Waals surface area contributed by atoms with Gasteiger partial charge in [0.1, 0.15) is 28.3 Å². The Morgan fingerprint density at radius 3 is 2.59 bits per heavy atom. The molecule has 202 valence electrons. The minimum atomic E-state index is -1.34. The van der Waals surface area contributed by atoms with Crippen molar-refractivity contribution in [2.24, 2.45) is 0 Å². The Bertz CT molecular complexity index is 1560. The van der Waals surface area contributed by atoms with Crippen LogP contribution in [-0.2, 0) is 0 Å². The summed E-state index contributed by atoms with van der Waals surface area (Å²) in [7, 11) is 1.35. The first-order chi connectivity index (χ1) is 18.9. The molecule has 4 aromatic rings. The van der Waals surface area contributed by atoms with Crippen LogP contribution in [0.5, 0.6) is 11.5 Å². The maximum Gasteiger partial charge on any atom is 0.255 e. The first-order valence-corrected chi connectivity index (χ1v) is 12.7. The van der Waals surface area contributed by atoms with Gasteiger partial charge in [-0.3, -0.25) is 9.78 Å². The van der Waals surface area contributed by atoms with Crippen molar-refractivity contribution in [3.05, 3.63) is 77.4 Å². The van der Waals surface area contributed by atoms with Crippen molar-refractivity contribution in [1.29, 1.82) is 0 Å². The molecular weight excluding hydrogens is 509 g/mol. The van der Waals surface area contributed by atoms with Crippen molar-refractivity contribution in [2.45, 2.75) is 26.3 Å². The highest BCUT2D eigenvalue weighted by molar-refractivity contribution is 6.09. The van der Waals surface area contributed by atoms with Crippen molar-refractivity contribution in [1.82, 2.24) is 15.3 Å². The Labute approximate surface area is 223 Å². The molecule has 5 rings (SSSR count). The van der Waals surface area contributed by atoms with Crippen LogP contribution in [0.15, 0.2) is 48.8 Å². The van der Waals surface area contributed by atoms with Crippen LogP contribution in [0.1, 0.15) is 42.2 Å². The molecule has 0 radical (unpaired) electrons. The lowest BCUT2D eigenvalue weighted by molar-refractivity contribution is 0.0925. The normalized spacial score (nSPS) is 14.5. The number of halogens is 3. The minimum Gasteiger partial charge on any atom is -0.494 e. The Balaban J connectivity index is 1.69. The highest BCUT2D eigenvalue weighted by atomic mass is 19.2. The average molecular weight is 537 g/mol. The average Bonchev–Trinajstić information content (AvgIpc) is 2.95. The van der Waals surface area contributed by atoms with Crippen LogP contribution in [0.3, 0.4) is 0 Å². The Kier molecular flexibility index (Phi) is 7.28. The van der Waals surface area contributed by atoms with E-state index in [1.54, 1.807) is 0 Å². The van der Waals surface area contributed by atoms with Crippen LogP contribution in [0, 0.1) is 17.5 Å². The van der Waals surface area contributed by atoms with Crippen molar-refractivity contribution in [2.75, 3.05) is 31.7 Å². The van der Waals surface area contributed by atoms with Gasteiger partial charge >= 0.3 is 0 Å². The Morgan fingerprint density at radius 1 is 1.10 bits per heavy atom. The van der Waals surface area contributed by atoms with E-state index in [9.17, 15) is 18.0 Å². The summed E-state index contributed by atoms with van der Waals surface area (Å²) in [5.74, 6) is -3.09. The molecule has 10 heteroatoms. The summed E-state index contributed by atoms with van der Waals surface area (Å²) in [5.41, 5.74) is 1.73. The maximum atomic E-state index is 15.0. The number of amides is 1. The van der Waals surface area contributed by atoms with Gasteiger partial charge in [0.15, 0.2) is 11.6 Å². The topological polar surface area (TPSA) is 76.6 Å². The monoisotopic (exact) mass is 536 g/mol. The summed E-state index contributed by atoms with van der Waals surface area (Å²) in [6.45, 7) is 5.38. The standard InChI is InChI=1S/C29H27F3N4O3/c1-4-36(5-2)28-19(29(37)35-21-10-11-39-22-9-7-6-8-17(21)22)14-33-26-24(23(38-3)15-34-27(26)28)18-12-16(30)13-20(31)25(18)32/h6-9,12-15,21H,4-5,10-11H2,1-3H3,(H,35,37)/t21-/m0/s1. The predicted molar refractivity (Wildman–Crippen MR) is 142 cm³/mol. The first kappa shape index (κ1) is 26.3. The predicted octanol–water partition coefficient (Wildman–Crippen LogP) is 5.82. The summed E-state index contributed by atoms with van der Waals surface area (Å²) in [6, 6.07) is 8.62. The molecular formula is C29H27F3N4O3. The molecule has 1 atom stereocenters. The number of nitrogens with zero attached hydrogens (tertiary/aromatic N) is 3. The van der Waals surface area contributed by atoms with Gasteiger partial charge in [0.25, 0.3) is 5.91 Å². The van der Waals surface area contributed by atoms with Gasteiger partial charge < -0.3 is 19.7 Å². The molecule has 1 N–H and O–H groups in total. The van der Waals surface area contributed by atoms with Gasteiger partial charge in [-0.2, -0.15) is 0 Å². The number of hydrogen-bond acceptors (Lipinski definition) is 6. The largest absolute Gasteiger partial charge is 0.494 e. The third-order valence-electron chi connectivity index (χ3n) is 6.89. The molecule has 0 saturated carbocycles. The minimum absolute atomic E-state index is 0.0390. The molecule has 1 amide bonds. The zero-order valence-electron chi connectivity index (χ0n) is 21.7. The van der Waals surface area contributed by atoms with E-state index in [0.717, 1.165) is 17.4 Å². The zero-order chi connectivity index (χ0) is 27.7. The van der Waals surface area contributed by atoms with E-state index in [-0.39, 0.29) is 45.4 Å². The van der Waals surface area contributed by atoms with E-state index in [1.807, 2.05) is 43.0 Å². The fourth-order valence-corrected chi connectivity index (χ4v) is 5.01. The molecule has 2 aromatic carbocycles. The summed E-state index contributed by atoms with van der Waals surface area (Å²) in [4.78, 5) is 24.6. The lowest BCUT2D eigenvalue weighted by Crippen LogP contribution is -2.34. The van der Waals surface area contributed by atoms with E-state index >= 15 is 0 Å². The number of ether oxygens (including phenoxy) is 2. The molecule has 39 heavy (non-hydrogen) atoms. The lowest BCUT2D eigenvalue weighted by atomic mass is 9.99. The number of benzene rings is 2. The summed E-state index contributed by atoms with van der Waals surface area (Å²) < 4.78 is 54.5. The highest BCUT2D eigenvalue weighted by Gasteiger charge is 2.28. The highest BCUT2D eigenvalue weighted by Crippen LogP contribution is 2.41. The fourth-order valence-electron chi connectivity index (χ4n) is 5.01. The van der Waals surface area contributed by atoms with Gasteiger partial charge in [-0.1, -0.05) is 18.2 Å². The molecule has 1 aliphatic heterocycles. The van der Waals surface area contributed by atoms with Crippen LogP contribution >= 0.6 is 0 Å². The van der Waals surface area contributed by atoms with E-state index in [1.165, 1.54) is 19.5 Å². The van der Waals surface area contributed by atoms with E-state index in [4.69, 9.17) is 9.47 Å². The molecule has 1 aliphatic rings. The number of pyridine rings is 2. The summed E-state index contributed by atoms with van der Waals surface area (Å²) in [6.07, 6.45) is 3.31. The van der Waals surface area contributed by atoms with Crippen molar-refractivity contribution in [3.8, 4) is 22.6 Å². The third kappa shape index (κ3) is 4.71. The van der Waals surface area contributed by atoms with Crippen molar-refractivity contribution >= 4 is 22.6 Å². The van der Waals surface area contributed by atoms with Crippen molar-refractivity contribution < 1.29 is 27.4 Å². The van der Waals surface area contributed by atoms with Crippen LogP contribution in [0.25, 0.3) is 22.2 Å². The number of para-hydroxylation sites is 1. The van der Waals surface area contributed by atoms with E-state index < -0.39 is 17.5 Å². The van der Waals surface area contributed by atoms with Gasteiger partial charge in [0, 0.05) is 42.9 Å². The van der Waals surface area contributed by atoms with Gasteiger partial charge in [-0.05, 0) is 26.0 Å². The van der Waals surface area contributed by atoms with Gasteiger partial charge in [-0.15, -0.1) is 0 Å². The number of aromatic nitrogens is 2. The molecule has 0 spiro atoms. The first-order valence-electron chi connectivity index (χ1n) is 12.7. The fraction of sp³-hybridized carbons (Fsp3) is 0.276. The number of nitrogens with one attached hydrogen (secondary N) is 1. The second-order valence-electron chi connectivity index (χ2n) is 9.04. The van der Waals surface area contributed by atoms with E-state index in [0.29, 0.717) is 37.9 Å². The van der Waals surface area contributed by atoms with Gasteiger partial charge in [0.2, 0.25) is 0 Å². The van der Waals surface area contributed by atoms with Crippen LogP contribution in [0.4, 0.5) is 18.9 Å². The number of carbonyl (C=O) groups is 1. The quantitative estimate of drug-likeness (QED) is 0.300. The second-order valence-corrected chi connectivity index (χ2v) is 9.04. The lowest BCUT2D eigenvalue weighted by Gasteiger charge is -2.28. The number of rotatable bonds is 7. The number of methoxy groups -OCH3 is 1. The molecule has 0 unspecified atom stereocenters. The molecule has 0 bridgehead atoms. The van der Waals surface area contributed by atoms with Crippen LogP contribution in [-0.4, -0.2) is 42.7 Å². The smallest absolute Gasteiger partial charge is 0.255 e. The van der Waals surface area contributed by atoms with Crippen LogP contribution < -0.4 is 19.7 Å². The van der Waals surface area contributed by atoms with Gasteiger partial charge in [0.05, 0.1) is 42.8 Å². The zero-order valence-corrected chi connectivity index (χ0v) is 21.7. The molecule has 0 fully saturated rings. The van der Waals surface area contributed by atoms with Crippen molar-refractivity contribution in [3.63, 3.8) is 0 Å². The number of carbonyl (C=O) groups excluding carboxylic acids is 1. The Morgan fingerprint density at radius 2 is 1.85 bits per heavy atom. The molecule has 2 aromatic heterocycles. The summed E-state index contributed by atoms with van der Waals surface area (Å²) >= 11 is 0. The third-order valence-corrected chi connectivity index (χ3v) is 6.89. The van der Waals surface area contributed by atoms with E-state index in [2.05, 4.69) is 15.3 Å². The second kappa shape index (κ2) is 10.8. The number of anilines is 1. The molecule has 7 nitrogen and oxygen atoms in total. The number of hydrogen-bond donors (Lipinski definition) is 1. The molecule has 0 aliphatic carbocycles. The van der Waals surface area contributed by atoms with Crippen LogP contribution in [0.2, 0.25) is 0 Å². The molecule has 0 saturated heterocycles. The number of fused-ring (bicyclic) bond motifs is 2. The van der Waals surface area contributed by atoms with Gasteiger partial charge in [-0.25, -0.2) is 18.2 Å². The molecule has 3 heterocycles. The summed E-state index contributed by atoms with van der Waals surface area (Å²) in [5, 5.41) is 3.10. The maximum absolute atomic E-state index is 15.0.